The van der Waals surface area contributed by atoms with Crippen LogP contribution in [0.4, 0.5) is 4.39 Å². The molecule has 2 bridgehead atoms. The van der Waals surface area contributed by atoms with Gasteiger partial charge in [0.2, 0.25) is 0 Å². The average Bonchev–Trinajstić information content (AvgIpc) is 3.66. The van der Waals surface area contributed by atoms with Crippen molar-refractivity contribution in [3.8, 4) is 16.9 Å². The molecule has 3 aliphatic rings. The Morgan fingerprint density at radius 2 is 1.97 bits per heavy atom. The van der Waals surface area contributed by atoms with E-state index in [1.165, 1.54) is 15.8 Å². The van der Waals surface area contributed by atoms with Crippen molar-refractivity contribution in [2.75, 3.05) is 6.54 Å². The molecule has 0 radical (unpaired) electrons. The summed E-state index contributed by atoms with van der Waals surface area (Å²) >= 11 is 1.71. The van der Waals surface area contributed by atoms with Gasteiger partial charge in [0, 0.05) is 48.8 Å². The number of nitrogens with one attached hydrogen (secondary N) is 1. The maximum Gasteiger partial charge on any atom is 0.137 e. The summed E-state index contributed by atoms with van der Waals surface area (Å²) in [6, 6.07) is 10.5. The van der Waals surface area contributed by atoms with Crippen molar-refractivity contribution in [2.24, 2.45) is 5.41 Å². The van der Waals surface area contributed by atoms with Gasteiger partial charge in [-0.2, -0.15) is 0 Å². The summed E-state index contributed by atoms with van der Waals surface area (Å²) in [5, 5.41) is 15.6. The van der Waals surface area contributed by atoms with Gasteiger partial charge in [-0.05, 0) is 59.9 Å². The molecule has 0 aromatic carbocycles. The summed E-state index contributed by atoms with van der Waals surface area (Å²) in [4.78, 5) is 10.4. The molecule has 0 amide bonds. The van der Waals surface area contributed by atoms with E-state index in [1.54, 1.807) is 16.0 Å². The van der Waals surface area contributed by atoms with E-state index in [2.05, 4.69) is 71.6 Å². The van der Waals surface area contributed by atoms with Gasteiger partial charge >= 0.3 is 0 Å². The second kappa shape index (κ2) is 8.05. The number of fused-ring (bicyclic) bond motifs is 2. The van der Waals surface area contributed by atoms with Gasteiger partial charge in [0.15, 0.2) is 0 Å². The third-order valence-electron chi connectivity index (χ3n) is 7.92. The molecule has 0 spiro atoms. The van der Waals surface area contributed by atoms with E-state index in [1.807, 2.05) is 30.9 Å². The van der Waals surface area contributed by atoms with Crippen LogP contribution in [0.5, 0.6) is 0 Å². The first-order valence-corrected chi connectivity index (χ1v) is 13.7. The second-order valence-electron chi connectivity index (χ2n) is 10.9. The highest BCUT2D eigenvalue weighted by Gasteiger charge is 2.68. The molecule has 10 heteroatoms. The number of imidazole rings is 1. The SMILES string of the molecule is FC12CC(CNCc3ccc4nc(Cn5cc(-c6cncc(-n7ccc8ccsc87)c6)nn5)cn4c3)(C1)C2. The minimum absolute atomic E-state index is 0.216. The Hall–Kier alpha value is -3.89. The Labute approximate surface area is 221 Å². The second-order valence-corrected chi connectivity index (χ2v) is 11.8. The summed E-state index contributed by atoms with van der Waals surface area (Å²) in [5.74, 6) is 0. The molecule has 3 aliphatic carbocycles. The van der Waals surface area contributed by atoms with E-state index in [-0.39, 0.29) is 5.41 Å². The molecule has 0 atom stereocenters. The fraction of sp³-hybridized carbons (Fsp3) is 0.286. The predicted octanol–water partition coefficient (Wildman–Crippen LogP) is 5.02. The maximum atomic E-state index is 13.7. The lowest BCUT2D eigenvalue weighted by Crippen LogP contribution is -2.67. The number of rotatable bonds is 8. The van der Waals surface area contributed by atoms with E-state index in [0.29, 0.717) is 6.54 Å². The molecular formula is C28H25FN8S. The molecule has 3 saturated carbocycles. The minimum Gasteiger partial charge on any atom is -0.312 e. The van der Waals surface area contributed by atoms with Crippen molar-refractivity contribution < 1.29 is 4.39 Å². The monoisotopic (exact) mass is 524 g/mol. The number of hydrogen-bond donors (Lipinski definition) is 1. The lowest BCUT2D eigenvalue weighted by molar-refractivity contribution is -0.209. The first kappa shape index (κ1) is 22.1. The molecule has 0 unspecified atom stereocenters. The van der Waals surface area contributed by atoms with Crippen LogP contribution in [0.25, 0.3) is 32.8 Å². The zero-order valence-corrected chi connectivity index (χ0v) is 21.4. The lowest BCUT2D eigenvalue weighted by Gasteiger charge is -2.66. The Balaban J connectivity index is 0.961. The van der Waals surface area contributed by atoms with Crippen molar-refractivity contribution in [3.05, 3.63) is 84.2 Å². The highest BCUT2D eigenvalue weighted by molar-refractivity contribution is 7.16. The molecular weight excluding hydrogens is 499 g/mol. The number of halogens is 1. The fourth-order valence-electron chi connectivity index (χ4n) is 6.22. The van der Waals surface area contributed by atoms with E-state index >= 15 is 0 Å². The van der Waals surface area contributed by atoms with E-state index in [4.69, 9.17) is 4.98 Å². The fourth-order valence-corrected chi connectivity index (χ4v) is 7.12. The zero-order chi connectivity index (χ0) is 25.3. The molecule has 9 rings (SSSR count). The van der Waals surface area contributed by atoms with Gasteiger partial charge in [-0.3, -0.25) is 4.98 Å². The standard InChI is InChI=1S/C28H25FN8S/c29-28-15-27(16-28,17-28)18-31-8-19-1-2-25-32-22(12-35(25)11-19)13-36-14-24(33-34-36)21-7-23(10-30-9-21)37-5-3-20-4-6-38-26(20)37/h1-7,9-12,14,31H,8,13,15-18H2. The van der Waals surface area contributed by atoms with Gasteiger partial charge in [0.25, 0.3) is 0 Å². The average molecular weight is 525 g/mol. The Morgan fingerprint density at radius 1 is 1.05 bits per heavy atom. The van der Waals surface area contributed by atoms with Crippen LogP contribution < -0.4 is 5.32 Å². The maximum absolute atomic E-state index is 13.7. The highest BCUT2D eigenvalue weighted by atomic mass is 32.1. The number of hydrogen-bond acceptors (Lipinski definition) is 6. The minimum atomic E-state index is -0.834. The van der Waals surface area contributed by atoms with Crippen molar-refractivity contribution in [1.29, 1.82) is 0 Å². The van der Waals surface area contributed by atoms with Crippen molar-refractivity contribution >= 4 is 27.2 Å². The first-order valence-electron chi connectivity index (χ1n) is 12.8. The Kier molecular flexibility index (Phi) is 4.69. The van der Waals surface area contributed by atoms with Gasteiger partial charge in [-0.15, -0.1) is 16.4 Å². The number of thiophene rings is 1. The molecule has 1 N–H and O–H groups in total. The molecule has 8 nitrogen and oxygen atoms in total. The van der Waals surface area contributed by atoms with Crippen LogP contribution in [0.2, 0.25) is 0 Å². The van der Waals surface area contributed by atoms with Gasteiger partial charge in [0.1, 0.15) is 21.8 Å². The van der Waals surface area contributed by atoms with Crippen LogP contribution in [0, 0.1) is 5.41 Å². The summed E-state index contributed by atoms with van der Waals surface area (Å²) in [7, 11) is 0. The molecule has 3 fully saturated rings. The lowest BCUT2D eigenvalue weighted by atomic mass is 9.42. The van der Waals surface area contributed by atoms with Crippen LogP contribution >= 0.6 is 11.3 Å². The highest BCUT2D eigenvalue weighted by Crippen LogP contribution is 2.69. The molecule has 6 aromatic rings. The number of alkyl halides is 1. The summed E-state index contributed by atoms with van der Waals surface area (Å²) in [6.45, 7) is 2.18. The van der Waals surface area contributed by atoms with Crippen molar-refractivity contribution in [1.82, 2.24) is 39.2 Å². The smallest absolute Gasteiger partial charge is 0.137 e. The third kappa shape index (κ3) is 3.66. The van der Waals surface area contributed by atoms with Gasteiger partial charge in [-0.1, -0.05) is 11.3 Å². The van der Waals surface area contributed by atoms with Gasteiger partial charge in [-0.25, -0.2) is 14.1 Å². The molecule has 190 valence electrons. The van der Waals surface area contributed by atoms with E-state index < -0.39 is 5.67 Å². The molecule has 6 aromatic heterocycles. The van der Waals surface area contributed by atoms with Crippen LogP contribution in [0.15, 0.2) is 72.9 Å². The summed E-state index contributed by atoms with van der Waals surface area (Å²) in [6.07, 6.45) is 14.0. The summed E-state index contributed by atoms with van der Waals surface area (Å²) in [5.41, 5.74) is 5.05. The van der Waals surface area contributed by atoms with E-state index in [9.17, 15) is 4.39 Å². The first-order chi connectivity index (χ1) is 18.5. The number of aromatic nitrogens is 7. The molecule has 6 heterocycles. The van der Waals surface area contributed by atoms with E-state index in [0.717, 1.165) is 60.6 Å². The zero-order valence-electron chi connectivity index (χ0n) is 20.6. The van der Waals surface area contributed by atoms with Crippen molar-refractivity contribution in [3.63, 3.8) is 0 Å². The van der Waals surface area contributed by atoms with Crippen LogP contribution in [0.1, 0.15) is 30.5 Å². The number of pyridine rings is 2. The number of nitrogens with zero attached hydrogens (tertiary/aromatic N) is 7. The molecule has 0 saturated heterocycles. The van der Waals surface area contributed by atoms with Gasteiger partial charge < -0.3 is 14.3 Å². The van der Waals surface area contributed by atoms with Crippen LogP contribution in [0.3, 0.4) is 0 Å². The van der Waals surface area contributed by atoms with Crippen LogP contribution in [-0.4, -0.2) is 46.1 Å². The Bertz CT molecular complexity index is 1790. The topological polar surface area (TPSA) is 77.9 Å². The summed E-state index contributed by atoms with van der Waals surface area (Å²) < 4.78 is 19.7. The third-order valence-corrected chi connectivity index (χ3v) is 8.85. The molecule has 0 aliphatic heterocycles. The van der Waals surface area contributed by atoms with Crippen molar-refractivity contribution in [2.45, 2.75) is 38.0 Å². The van der Waals surface area contributed by atoms with Gasteiger partial charge in [0.05, 0.1) is 30.3 Å². The predicted molar refractivity (Wildman–Crippen MR) is 144 cm³/mol. The van der Waals surface area contributed by atoms with Crippen LogP contribution in [-0.2, 0) is 13.1 Å². The largest absolute Gasteiger partial charge is 0.312 e. The Morgan fingerprint density at radius 3 is 2.87 bits per heavy atom. The molecule has 38 heavy (non-hydrogen) atoms. The quantitative estimate of drug-likeness (QED) is 0.302. The normalized spacial score (nSPS) is 22.1.